The lowest BCUT2D eigenvalue weighted by atomic mass is 10.2. The normalized spacial score (nSPS) is 16.3. The van der Waals surface area contributed by atoms with Crippen LogP contribution >= 0.6 is 23.2 Å². The van der Waals surface area contributed by atoms with Crippen LogP contribution < -0.4 is 4.72 Å². The van der Waals surface area contributed by atoms with E-state index in [2.05, 4.69) is 9.62 Å². The molecule has 7 nitrogen and oxygen atoms in total. The number of halogens is 2. The average molecular weight is 457 g/mol. The van der Waals surface area contributed by atoms with E-state index in [0.29, 0.717) is 53.0 Å². The summed E-state index contributed by atoms with van der Waals surface area (Å²) < 4.78 is 23.6. The molecule has 0 aromatic heterocycles. The van der Waals surface area contributed by atoms with Crippen LogP contribution in [0.4, 0.5) is 5.69 Å². The second-order valence-electron chi connectivity index (χ2n) is 6.72. The third kappa shape index (κ3) is 5.83. The van der Waals surface area contributed by atoms with E-state index < -0.39 is 11.3 Å². The number of amides is 1. The van der Waals surface area contributed by atoms with Crippen molar-refractivity contribution < 1.29 is 18.7 Å². The SMILES string of the molecule is O=C(c1ccc(NS(=O)[O-])cc1)N1CCCN(Cc2c(O)cc(Cl)cc2Cl)CC1. The molecule has 2 aromatic rings. The molecule has 1 unspecified atom stereocenters. The van der Waals surface area contributed by atoms with Crippen molar-refractivity contribution in [1.82, 2.24) is 9.80 Å². The van der Waals surface area contributed by atoms with Gasteiger partial charge in [-0.1, -0.05) is 23.2 Å². The molecule has 2 N–H and O–H groups in total. The summed E-state index contributed by atoms with van der Waals surface area (Å²) in [6.45, 7) is 3.02. The molecule has 1 fully saturated rings. The predicted molar refractivity (Wildman–Crippen MR) is 113 cm³/mol. The minimum Gasteiger partial charge on any atom is -0.755 e. The quantitative estimate of drug-likeness (QED) is 0.673. The minimum absolute atomic E-state index is 0.0624. The number of nitrogens with one attached hydrogen (secondary N) is 1. The maximum absolute atomic E-state index is 12.8. The van der Waals surface area contributed by atoms with Crippen molar-refractivity contribution in [3.63, 3.8) is 0 Å². The van der Waals surface area contributed by atoms with E-state index in [1.54, 1.807) is 35.2 Å². The van der Waals surface area contributed by atoms with Crippen molar-refractivity contribution in [2.75, 3.05) is 30.9 Å². The van der Waals surface area contributed by atoms with Crippen molar-refractivity contribution in [3.05, 3.63) is 57.6 Å². The number of aromatic hydroxyl groups is 1. The summed E-state index contributed by atoms with van der Waals surface area (Å²) in [5.41, 5.74) is 1.52. The average Bonchev–Trinajstić information content (AvgIpc) is 2.90. The lowest BCUT2D eigenvalue weighted by Gasteiger charge is -2.23. The summed E-state index contributed by atoms with van der Waals surface area (Å²) in [6, 6.07) is 9.39. The molecule has 3 rings (SSSR count). The Bertz CT molecular complexity index is 888. The number of benzene rings is 2. The van der Waals surface area contributed by atoms with Crippen LogP contribution in [0.3, 0.4) is 0 Å². The molecule has 10 heteroatoms. The van der Waals surface area contributed by atoms with E-state index >= 15 is 0 Å². The fourth-order valence-corrected chi connectivity index (χ4v) is 4.13. The van der Waals surface area contributed by atoms with Crippen LogP contribution in [0.5, 0.6) is 5.75 Å². The summed E-state index contributed by atoms with van der Waals surface area (Å²) in [6.07, 6.45) is 0.784. The van der Waals surface area contributed by atoms with Gasteiger partial charge in [-0.25, -0.2) is 0 Å². The highest BCUT2D eigenvalue weighted by molar-refractivity contribution is 7.80. The molecular formula is C19H20Cl2N3O4S-. The third-order valence-electron chi connectivity index (χ3n) is 4.73. The Morgan fingerprint density at radius 3 is 2.52 bits per heavy atom. The van der Waals surface area contributed by atoms with Crippen molar-refractivity contribution >= 4 is 46.1 Å². The highest BCUT2D eigenvalue weighted by Gasteiger charge is 2.21. The lowest BCUT2D eigenvalue weighted by Crippen LogP contribution is -2.35. The second kappa shape index (κ2) is 9.77. The molecule has 0 saturated carbocycles. The molecule has 1 atom stereocenters. The molecule has 156 valence electrons. The minimum atomic E-state index is -2.40. The standard InChI is InChI=1S/C19H21Cl2N3O4S/c20-14-10-17(21)16(18(25)11-14)12-23-6-1-7-24(9-8-23)19(26)13-2-4-15(5-3-13)22-29(27)28/h2-5,10-11,22,25H,1,6-9,12H2,(H,27,28)/p-1. The maximum Gasteiger partial charge on any atom is 0.253 e. The van der Waals surface area contributed by atoms with Crippen molar-refractivity contribution in [2.24, 2.45) is 0 Å². The monoisotopic (exact) mass is 456 g/mol. The number of anilines is 1. The summed E-state index contributed by atoms with van der Waals surface area (Å²) >= 11 is 9.72. The summed E-state index contributed by atoms with van der Waals surface area (Å²) in [7, 11) is 0. The molecule has 29 heavy (non-hydrogen) atoms. The Kier molecular flexibility index (Phi) is 7.37. The molecule has 0 bridgehead atoms. The molecule has 1 aliphatic heterocycles. The highest BCUT2D eigenvalue weighted by atomic mass is 35.5. The predicted octanol–water partition coefficient (Wildman–Crippen LogP) is 3.25. The van der Waals surface area contributed by atoms with Gasteiger partial charge in [-0.3, -0.25) is 13.9 Å². The number of phenols is 1. The second-order valence-corrected chi connectivity index (χ2v) is 8.24. The van der Waals surface area contributed by atoms with Crippen LogP contribution in [0.25, 0.3) is 0 Å². The zero-order chi connectivity index (χ0) is 21.0. The van der Waals surface area contributed by atoms with Crippen LogP contribution in [-0.4, -0.2) is 55.8 Å². The Morgan fingerprint density at radius 2 is 1.86 bits per heavy atom. The van der Waals surface area contributed by atoms with E-state index in [9.17, 15) is 18.7 Å². The molecular weight excluding hydrogens is 437 g/mol. The van der Waals surface area contributed by atoms with Gasteiger partial charge in [0.15, 0.2) is 0 Å². The van der Waals surface area contributed by atoms with E-state index in [1.807, 2.05) is 0 Å². The molecule has 1 saturated heterocycles. The lowest BCUT2D eigenvalue weighted by molar-refractivity contribution is 0.0761. The van der Waals surface area contributed by atoms with Crippen molar-refractivity contribution in [1.29, 1.82) is 0 Å². The van der Waals surface area contributed by atoms with Gasteiger partial charge in [-0.2, -0.15) is 0 Å². The number of nitrogens with zero attached hydrogens (tertiary/aromatic N) is 2. The van der Waals surface area contributed by atoms with Crippen molar-refractivity contribution in [2.45, 2.75) is 13.0 Å². The van der Waals surface area contributed by atoms with E-state index in [0.717, 1.165) is 13.0 Å². The largest absolute Gasteiger partial charge is 0.755 e. The molecule has 0 aliphatic carbocycles. The fourth-order valence-electron chi connectivity index (χ4n) is 3.26. The smallest absolute Gasteiger partial charge is 0.253 e. The van der Waals surface area contributed by atoms with Gasteiger partial charge in [0.1, 0.15) is 5.75 Å². The first-order valence-corrected chi connectivity index (χ1v) is 10.8. The molecule has 0 spiro atoms. The highest BCUT2D eigenvalue weighted by Crippen LogP contribution is 2.31. The van der Waals surface area contributed by atoms with Gasteiger partial charge in [0, 0.05) is 65.8 Å². The van der Waals surface area contributed by atoms with Gasteiger partial charge in [0.2, 0.25) is 0 Å². The molecule has 1 aliphatic rings. The summed E-state index contributed by atoms with van der Waals surface area (Å²) in [5.74, 6) is -0.0404. The number of carbonyl (C=O) groups is 1. The first-order chi connectivity index (χ1) is 13.8. The van der Waals surface area contributed by atoms with Crippen molar-refractivity contribution in [3.8, 4) is 5.75 Å². The Hall–Kier alpha value is -1.84. The topological polar surface area (TPSA) is 95.9 Å². The van der Waals surface area contributed by atoms with Gasteiger partial charge in [-0.05, 0) is 42.8 Å². The first kappa shape index (κ1) is 21.9. The molecule has 2 aromatic carbocycles. The number of hydrogen-bond acceptors (Lipinski definition) is 5. The van der Waals surface area contributed by atoms with Gasteiger partial charge in [0.25, 0.3) is 5.91 Å². The Balaban J connectivity index is 1.62. The number of rotatable bonds is 5. The number of hydrogen-bond donors (Lipinski definition) is 2. The van der Waals surface area contributed by atoms with E-state index in [1.165, 1.54) is 6.07 Å². The van der Waals surface area contributed by atoms with Crippen LogP contribution in [0.15, 0.2) is 36.4 Å². The van der Waals surface area contributed by atoms with Crippen LogP contribution in [0.1, 0.15) is 22.3 Å². The van der Waals surface area contributed by atoms with E-state index in [-0.39, 0.29) is 11.7 Å². The van der Waals surface area contributed by atoms with Gasteiger partial charge in [0.05, 0.1) is 5.02 Å². The summed E-state index contributed by atoms with van der Waals surface area (Å²) in [5, 5.41) is 10.9. The zero-order valence-electron chi connectivity index (χ0n) is 15.4. The van der Waals surface area contributed by atoms with Gasteiger partial charge in [-0.15, -0.1) is 0 Å². The van der Waals surface area contributed by atoms with Crippen LogP contribution in [0, 0.1) is 0 Å². The van der Waals surface area contributed by atoms with Crippen LogP contribution in [-0.2, 0) is 17.8 Å². The number of phenolic OH excluding ortho intramolecular Hbond substituents is 1. The zero-order valence-corrected chi connectivity index (χ0v) is 17.8. The fraction of sp³-hybridized carbons (Fsp3) is 0.316. The molecule has 1 amide bonds. The number of carbonyl (C=O) groups excluding carboxylic acids is 1. The Morgan fingerprint density at radius 1 is 1.14 bits per heavy atom. The van der Waals surface area contributed by atoms with Crippen LogP contribution in [0.2, 0.25) is 10.0 Å². The third-order valence-corrected chi connectivity index (χ3v) is 5.69. The van der Waals surface area contributed by atoms with Gasteiger partial charge < -0.3 is 19.3 Å². The van der Waals surface area contributed by atoms with E-state index in [4.69, 9.17) is 23.2 Å². The summed E-state index contributed by atoms with van der Waals surface area (Å²) in [4.78, 5) is 16.7. The first-order valence-electron chi connectivity index (χ1n) is 8.98. The van der Waals surface area contributed by atoms with Gasteiger partial charge >= 0.3 is 0 Å². The Labute approximate surface area is 181 Å². The molecule has 1 heterocycles. The molecule has 0 radical (unpaired) electrons. The maximum atomic E-state index is 12.8.